The summed E-state index contributed by atoms with van der Waals surface area (Å²) in [5, 5.41) is 0. The molecule has 0 unspecified atom stereocenters. The van der Waals surface area contributed by atoms with Gasteiger partial charge in [-0.15, -0.1) is 0 Å². The molecule has 0 bridgehead atoms. The van der Waals surface area contributed by atoms with Crippen LogP contribution in [0, 0.1) is 0 Å². The summed E-state index contributed by atoms with van der Waals surface area (Å²) in [6, 6.07) is 0. The molecule has 15 heteroatoms. The van der Waals surface area contributed by atoms with Crippen LogP contribution in [0.3, 0.4) is 0 Å². The van der Waals surface area contributed by atoms with Crippen LogP contribution < -0.4 is 48.4 Å². The largest absolute Gasteiger partial charge is 1.00 e. The third kappa shape index (κ3) is 16.0. The fraction of sp³-hybridized carbons (Fsp3) is 0. The maximum Gasteiger partial charge on any atom is 1.00 e. The summed E-state index contributed by atoms with van der Waals surface area (Å²) in [6.07, 6.45) is 0. The second kappa shape index (κ2) is 7.44. The van der Waals surface area contributed by atoms with Gasteiger partial charge in [0.15, 0.2) is 0 Å². The molecule has 0 radical (unpaired) electrons. The first-order valence-corrected chi connectivity index (χ1v) is 6.83. The van der Waals surface area contributed by atoms with Crippen LogP contribution in [0.25, 0.3) is 0 Å². The molecule has 15 heavy (non-hydrogen) atoms. The minimum Gasteiger partial charge on any atom is -1.00 e. The zero-order valence-corrected chi connectivity index (χ0v) is 12.3. The van der Waals surface area contributed by atoms with Crippen LogP contribution in [-0.4, -0.2) is 24.5 Å². The summed E-state index contributed by atoms with van der Waals surface area (Å²) in [7, 11) is -16.2. The van der Waals surface area contributed by atoms with E-state index in [0.717, 1.165) is 0 Å². The molecule has 0 heterocycles. The zero-order valence-electron chi connectivity index (χ0n) is 9.62. The molecular weight excluding hydrogens is 283 g/mol. The molecule has 84 valence electrons. The van der Waals surface area contributed by atoms with Gasteiger partial charge in [0, 0.05) is 0 Å². The van der Waals surface area contributed by atoms with Crippen LogP contribution in [0.1, 0.15) is 2.85 Å². The van der Waals surface area contributed by atoms with Crippen LogP contribution in [0.2, 0.25) is 0 Å². The van der Waals surface area contributed by atoms with Gasteiger partial charge in [0.2, 0.25) is 0 Å². The van der Waals surface area contributed by atoms with Gasteiger partial charge < -0.3 is 27.3 Å². The van der Waals surface area contributed by atoms with E-state index in [2.05, 4.69) is 8.62 Å². The SMILES string of the molecule is O=P(O)(O)OP(=O)(O)OP(=O)(O)O.[H-].[H-].[Li+].[Na+]. The van der Waals surface area contributed by atoms with E-state index in [1.807, 2.05) is 0 Å². The van der Waals surface area contributed by atoms with E-state index in [4.69, 9.17) is 24.5 Å². The van der Waals surface area contributed by atoms with Gasteiger partial charge >= 0.3 is 71.9 Å². The Morgan fingerprint density at radius 3 is 1.13 bits per heavy atom. The Kier molecular flexibility index (Phi) is 11.0. The second-order valence-corrected chi connectivity index (χ2v) is 5.82. The predicted octanol–water partition coefficient (Wildman–Crippen LogP) is -6.46. The van der Waals surface area contributed by atoms with E-state index in [1.54, 1.807) is 0 Å². The van der Waals surface area contributed by atoms with Crippen molar-refractivity contribution in [1.29, 1.82) is 0 Å². The average Bonchev–Trinajstić information content (AvgIpc) is 1.43. The summed E-state index contributed by atoms with van der Waals surface area (Å²) >= 11 is 0. The molecule has 0 aromatic rings. The molecule has 5 N–H and O–H groups in total. The topological polar surface area (TPSA) is 171 Å². The van der Waals surface area contributed by atoms with E-state index >= 15 is 0 Å². The molecule has 0 atom stereocenters. The number of hydrogen-bond donors (Lipinski definition) is 5. The number of rotatable bonds is 4. The molecule has 0 fully saturated rings. The quantitative estimate of drug-likeness (QED) is 0.247. The first kappa shape index (κ1) is 22.2. The third-order valence-corrected chi connectivity index (χ3v) is 3.77. The van der Waals surface area contributed by atoms with Crippen LogP contribution in [0.4, 0.5) is 0 Å². The van der Waals surface area contributed by atoms with Gasteiger partial charge in [0.05, 0.1) is 0 Å². The van der Waals surface area contributed by atoms with E-state index in [9.17, 15) is 13.7 Å². The Labute approximate surface area is 121 Å². The molecule has 0 spiro atoms. The summed E-state index contributed by atoms with van der Waals surface area (Å²) < 4.78 is 36.4. The monoisotopic (exact) mass is 290 g/mol. The number of hydrogen-bond acceptors (Lipinski definition) is 5. The summed E-state index contributed by atoms with van der Waals surface area (Å²) in [5.74, 6) is 0. The molecule has 10 nitrogen and oxygen atoms in total. The van der Waals surface area contributed by atoms with Crippen molar-refractivity contribution in [3.05, 3.63) is 0 Å². The van der Waals surface area contributed by atoms with E-state index in [0.29, 0.717) is 0 Å². The van der Waals surface area contributed by atoms with Crippen molar-refractivity contribution in [2.45, 2.75) is 0 Å². The van der Waals surface area contributed by atoms with Crippen LogP contribution >= 0.6 is 23.5 Å². The van der Waals surface area contributed by atoms with Gasteiger partial charge in [-0.2, -0.15) is 8.62 Å². The smallest absolute Gasteiger partial charge is 1.00 e. The van der Waals surface area contributed by atoms with Gasteiger partial charge in [-0.25, -0.2) is 13.7 Å². The van der Waals surface area contributed by atoms with Crippen molar-refractivity contribution in [2.24, 2.45) is 0 Å². The minimum absolute atomic E-state index is 0. The standard InChI is InChI=1S/Li.Na.H5O10P3.2H/c;;1-11(2,3)9-13(7,8)10-12(4,5)6;;/h;;(H,7,8)(H2,1,2,3)(H2,4,5,6);;/q2*+1;;2*-1. The van der Waals surface area contributed by atoms with Gasteiger partial charge in [0.25, 0.3) is 0 Å². The summed E-state index contributed by atoms with van der Waals surface area (Å²) in [6.45, 7) is 0. The molecule has 0 aliphatic carbocycles. The summed E-state index contributed by atoms with van der Waals surface area (Å²) in [5.41, 5.74) is 0. The predicted molar refractivity (Wildman–Crippen MR) is 38.3 cm³/mol. The Morgan fingerprint density at radius 2 is 1.00 bits per heavy atom. The number of phosphoric acid groups is 3. The average molecular weight is 290 g/mol. The van der Waals surface area contributed by atoms with Gasteiger partial charge in [-0.3, -0.25) is 0 Å². The van der Waals surface area contributed by atoms with E-state index in [1.165, 1.54) is 0 Å². The molecule has 0 rings (SSSR count). The minimum atomic E-state index is -5.46. The van der Waals surface area contributed by atoms with Crippen LogP contribution in [0.5, 0.6) is 0 Å². The molecule has 0 amide bonds. The van der Waals surface area contributed by atoms with Crippen molar-refractivity contribution in [2.75, 3.05) is 0 Å². The maximum atomic E-state index is 10.4. The van der Waals surface area contributed by atoms with E-state index in [-0.39, 0.29) is 51.3 Å². The zero-order chi connectivity index (χ0) is 10.9. The third-order valence-electron chi connectivity index (χ3n) is 0.419. The van der Waals surface area contributed by atoms with Crippen molar-refractivity contribution in [1.82, 2.24) is 0 Å². The maximum absolute atomic E-state index is 10.4. The van der Waals surface area contributed by atoms with Crippen LogP contribution in [-0.2, 0) is 22.3 Å². The molecule has 0 saturated carbocycles. The fourth-order valence-electron chi connectivity index (χ4n) is 0.284. The van der Waals surface area contributed by atoms with Crippen LogP contribution in [0.15, 0.2) is 0 Å². The fourth-order valence-corrected chi connectivity index (χ4v) is 2.82. The Balaban J connectivity index is -0.000000120. The molecule has 0 aromatic carbocycles. The Hall–Kier alpha value is 2.01. The van der Waals surface area contributed by atoms with Gasteiger partial charge in [0.1, 0.15) is 0 Å². The molecule has 0 aliphatic heterocycles. The summed E-state index contributed by atoms with van der Waals surface area (Å²) in [4.78, 5) is 40.2. The Bertz CT molecular complexity index is 292. The van der Waals surface area contributed by atoms with Crippen molar-refractivity contribution >= 4 is 23.5 Å². The Morgan fingerprint density at radius 1 is 0.800 bits per heavy atom. The molecule has 0 aromatic heterocycles. The first-order chi connectivity index (χ1) is 5.41. The van der Waals surface area contributed by atoms with Gasteiger partial charge in [-0.1, -0.05) is 0 Å². The van der Waals surface area contributed by atoms with Crippen molar-refractivity contribution < 1.29 is 98.1 Å². The molecule has 0 aliphatic rings. The van der Waals surface area contributed by atoms with Crippen molar-refractivity contribution in [3.8, 4) is 0 Å². The normalized spacial score (nSPS) is 12.6. The second-order valence-electron chi connectivity index (χ2n) is 1.61. The first-order valence-electron chi connectivity index (χ1n) is 2.28. The van der Waals surface area contributed by atoms with E-state index < -0.39 is 23.5 Å². The van der Waals surface area contributed by atoms with Gasteiger partial charge in [-0.05, 0) is 0 Å². The molecular formula is H7LiNaO10P3. The van der Waals surface area contributed by atoms with Crippen molar-refractivity contribution in [3.63, 3.8) is 0 Å². The molecule has 0 saturated heterocycles.